The minimum Gasteiger partial charge on any atom is -0.357 e. The summed E-state index contributed by atoms with van der Waals surface area (Å²) in [6.45, 7) is 4.18. The van der Waals surface area contributed by atoms with Crippen LogP contribution in [0.1, 0.15) is 28.4 Å². The average molecular weight is 442 g/mol. The van der Waals surface area contributed by atoms with Gasteiger partial charge in [-0.05, 0) is 48.7 Å². The van der Waals surface area contributed by atoms with Crippen LogP contribution in [0.2, 0.25) is 0 Å². The molecule has 0 radical (unpaired) electrons. The first-order valence-electron chi connectivity index (χ1n) is 10.7. The van der Waals surface area contributed by atoms with Crippen LogP contribution in [-0.4, -0.2) is 62.9 Å². The van der Waals surface area contributed by atoms with Crippen molar-refractivity contribution in [1.29, 1.82) is 0 Å². The van der Waals surface area contributed by atoms with Gasteiger partial charge in [0.25, 0.3) is 5.91 Å². The maximum absolute atomic E-state index is 13.2. The van der Waals surface area contributed by atoms with E-state index in [-0.39, 0.29) is 24.1 Å². The van der Waals surface area contributed by atoms with Crippen LogP contribution in [0.3, 0.4) is 0 Å². The topological polar surface area (TPSA) is 85.8 Å². The number of guanidine groups is 1. The van der Waals surface area contributed by atoms with Crippen LogP contribution in [0.15, 0.2) is 53.5 Å². The molecule has 32 heavy (non-hydrogen) atoms. The van der Waals surface area contributed by atoms with Gasteiger partial charge in [-0.3, -0.25) is 14.6 Å². The lowest BCUT2D eigenvalue weighted by atomic mass is 10.1. The second-order valence-electron chi connectivity index (χ2n) is 7.49. The average Bonchev–Trinajstić information content (AvgIpc) is 2.76. The van der Waals surface area contributed by atoms with Crippen molar-refractivity contribution in [2.45, 2.75) is 19.8 Å². The van der Waals surface area contributed by atoms with Crippen LogP contribution in [0.5, 0.6) is 0 Å². The fourth-order valence-corrected chi connectivity index (χ4v) is 3.03. The first-order valence-corrected chi connectivity index (χ1v) is 10.7. The minimum atomic E-state index is -0.348. The van der Waals surface area contributed by atoms with Gasteiger partial charge in [0.2, 0.25) is 5.91 Å². The van der Waals surface area contributed by atoms with Crippen molar-refractivity contribution in [2.75, 3.05) is 40.3 Å². The van der Waals surface area contributed by atoms with Gasteiger partial charge in [-0.2, -0.15) is 0 Å². The van der Waals surface area contributed by atoms with Gasteiger partial charge in [-0.25, -0.2) is 4.39 Å². The highest BCUT2D eigenvalue weighted by Gasteiger charge is 2.08. The fourth-order valence-electron chi connectivity index (χ4n) is 3.03. The number of rotatable bonds is 10. The lowest BCUT2D eigenvalue weighted by Gasteiger charge is -2.12. The molecule has 0 aliphatic carbocycles. The Labute approximate surface area is 189 Å². The summed E-state index contributed by atoms with van der Waals surface area (Å²) in [5.74, 6) is 0.128. The molecule has 0 unspecified atom stereocenters. The Bertz CT molecular complexity index is 930. The molecule has 7 nitrogen and oxygen atoms in total. The lowest BCUT2D eigenvalue weighted by Crippen LogP contribution is -2.41. The van der Waals surface area contributed by atoms with Crippen molar-refractivity contribution in [3.05, 3.63) is 71.0 Å². The maximum Gasteiger partial charge on any atom is 0.253 e. The zero-order chi connectivity index (χ0) is 23.3. The highest BCUT2D eigenvalue weighted by Crippen LogP contribution is 2.08. The highest BCUT2D eigenvalue weighted by molar-refractivity contribution is 5.94. The summed E-state index contributed by atoms with van der Waals surface area (Å²) in [4.78, 5) is 30.2. The quantitative estimate of drug-likeness (QED) is 0.299. The van der Waals surface area contributed by atoms with Crippen molar-refractivity contribution in [2.24, 2.45) is 4.99 Å². The van der Waals surface area contributed by atoms with E-state index in [0.717, 1.165) is 5.56 Å². The molecule has 2 amide bonds. The van der Waals surface area contributed by atoms with Crippen LogP contribution in [0.25, 0.3) is 0 Å². The van der Waals surface area contributed by atoms with Gasteiger partial charge in [-0.15, -0.1) is 0 Å². The SMILES string of the molecule is CCNC(=NCCc1cccc(C(=O)N(C)C)c1)NCCNC(=O)Cc1cccc(F)c1. The first-order chi connectivity index (χ1) is 15.4. The number of carbonyl (C=O) groups is 2. The van der Waals surface area contributed by atoms with E-state index >= 15 is 0 Å². The summed E-state index contributed by atoms with van der Waals surface area (Å²) in [6, 6.07) is 13.6. The second kappa shape index (κ2) is 13.1. The van der Waals surface area contributed by atoms with E-state index in [9.17, 15) is 14.0 Å². The van der Waals surface area contributed by atoms with E-state index in [2.05, 4.69) is 20.9 Å². The zero-order valence-corrected chi connectivity index (χ0v) is 19.0. The summed E-state index contributed by atoms with van der Waals surface area (Å²) >= 11 is 0. The van der Waals surface area contributed by atoms with E-state index in [1.54, 1.807) is 31.1 Å². The molecule has 2 aromatic rings. The third kappa shape index (κ3) is 8.75. The van der Waals surface area contributed by atoms with Crippen LogP contribution in [0, 0.1) is 5.82 Å². The Morgan fingerprint density at radius 1 is 0.969 bits per heavy atom. The van der Waals surface area contributed by atoms with Gasteiger partial charge in [0.1, 0.15) is 5.82 Å². The number of hydrogen-bond acceptors (Lipinski definition) is 3. The zero-order valence-electron chi connectivity index (χ0n) is 19.0. The van der Waals surface area contributed by atoms with Crippen molar-refractivity contribution in [3.63, 3.8) is 0 Å². The molecule has 0 aliphatic heterocycles. The Morgan fingerprint density at radius 2 is 1.69 bits per heavy atom. The van der Waals surface area contributed by atoms with Crippen molar-refractivity contribution < 1.29 is 14.0 Å². The molecular formula is C24H32FN5O2. The van der Waals surface area contributed by atoms with Gasteiger partial charge in [0.15, 0.2) is 5.96 Å². The molecule has 2 rings (SSSR count). The largest absolute Gasteiger partial charge is 0.357 e. The number of nitrogens with zero attached hydrogens (tertiary/aromatic N) is 2. The number of amides is 2. The summed E-state index contributed by atoms with van der Waals surface area (Å²) in [6.07, 6.45) is 0.844. The summed E-state index contributed by atoms with van der Waals surface area (Å²) in [5, 5.41) is 9.17. The maximum atomic E-state index is 13.2. The lowest BCUT2D eigenvalue weighted by molar-refractivity contribution is -0.120. The summed E-state index contributed by atoms with van der Waals surface area (Å²) in [7, 11) is 3.47. The third-order valence-corrected chi connectivity index (χ3v) is 4.59. The molecule has 0 atom stereocenters. The summed E-state index contributed by atoms with van der Waals surface area (Å²) < 4.78 is 13.2. The predicted molar refractivity (Wildman–Crippen MR) is 125 cm³/mol. The van der Waals surface area contributed by atoms with Crippen LogP contribution < -0.4 is 16.0 Å². The van der Waals surface area contributed by atoms with Crippen LogP contribution in [-0.2, 0) is 17.6 Å². The number of halogens is 1. The van der Waals surface area contributed by atoms with E-state index in [1.807, 2.05) is 31.2 Å². The van der Waals surface area contributed by atoms with Gasteiger partial charge in [-0.1, -0.05) is 24.3 Å². The molecule has 3 N–H and O–H groups in total. The van der Waals surface area contributed by atoms with Gasteiger partial charge < -0.3 is 20.9 Å². The molecular weight excluding hydrogens is 409 g/mol. The Kier molecular flexibility index (Phi) is 10.2. The van der Waals surface area contributed by atoms with Crippen molar-refractivity contribution in [3.8, 4) is 0 Å². The molecule has 0 aromatic heterocycles. The smallest absolute Gasteiger partial charge is 0.253 e. The fraction of sp³-hybridized carbons (Fsp3) is 0.375. The first kappa shape index (κ1) is 24.8. The summed E-state index contributed by atoms with van der Waals surface area (Å²) in [5.41, 5.74) is 2.35. The molecule has 8 heteroatoms. The van der Waals surface area contributed by atoms with Crippen molar-refractivity contribution >= 4 is 17.8 Å². The molecule has 0 saturated heterocycles. The number of carbonyl (C=O) groups excluding carboxylic acids is 2. The molecule has 0 aliphatic rings. The number of hydrogen-bond donors (Lipinski definition) is 3. The monoisotopic (exact) mass is 441 g/mol. The van der Waals surface area contributed by atoms with Crippen LogP contribution in [0.4, 0.5) is 4.39 Å². The van der Waals surface area contributed by atoms with E-state index in [0.29, 0.717) is 49.7 Å². The molecule has 0 bridgehead atoms. The van der Waals surface area contributed by atoms with Gasteiger partial charge in [0.05, 0.1) is 6.42 Å². The Morgan fingerprint density at radius 3 is 2.41 bits per heavy atom. The molecule has 0 heterocycles. The van der Waals surface area contributed by atoms with Crippen molar-refractivity contribution in [1.82, 2.24) is 20.9 Å². The number of nitrogens with one attached hydrogen (secondary N) is 3. The van der Waals surface area contributed by atoms with E-state index in [1.165, 1.54) is 12.1 Å². The Balaban J connectivity index is 1.77. The Hall–Kier alpha value is -3.42. The number of aliphatic imine (C=N–C) groups is 1. The van der Waals surface area contributed by atoms with E-state index in [4.69, 9.17) is 0 Å². The second-order valence-corrected chi connectivity index (χ2v) is 7.49. The van der Waals surface area contributed by atoms with E-state index < -0.39 is 0 Å². The van der Waals surface area contributed by atoms with Gasteiger partial charge in [0, 0.05) is 45.8 Å². The van der Waals surface area contributed by atoms with Gasteiger partial charge >= 0.3 is 0 Å². The molecule has 172 valence electrons. The molecule has 0 saturated carbocycles. The molecule has 2 aromatic carbocycles. The minimum absolute atomic E-state index is 0.0233. The highest BCUT2D eigenvalue weighted by atomic mass is 19.1. The molecule has 0 spiro atoms. The molecule has 0 fully saturated rings. The standard InChI is InChI=1S/C24H32FN5O2/c1-4-26-24(28-12-11-18-7-5-9-20(15-18)23(32)30(2)3)29-14-13-27-22(31)17-19-8-6-10-21(25)16-19/h5-10,15-16H,4,11-14,17H2,1-3H3,(H,27,31)(H2,26,28,29). The number of benzene rings is 2. The predicted octanol–water partition coefficient (Wildman–Crippen LogP) is 1.98. The normalized spacial score (nSPS) is 11.1. The van der Waals surface area contributed by atoms with Crippen LogP contribution >= 0.6 is 0 Å². The third-order valence-electron chi connectivity index (χ3n) is 4.59.